The molecule has 1 aliphatic rings. The number of carbonyl (C=O) groups excluding carboxylic acids is 1. The van der Waals surface area contributed by atoms with Crippen molar-refractivity contribution in [1.82, 2.24) is 4.90 Å². The Balaban J connectivity index is 2.86. The lowest BCUT2D eigenvalue weighted by Crippen LogP contribution is -2.44. The fourth-order valence-corrected chi connectivity index (χ4v) is 2.10. The van der Waals surface area contributed by atoms with Crippen LogP contribution in [0.2, 0.25) is 0 Å². The Morgan fingerprint density at radius 3 is 2.26 bits per heavy atom. The summed E-state index contributed by atoms with van der Waals surface area (Å²) in [4.78, 5) is 12.8. The number of rotatable bonds is 1. The molecule has 2 atom stereocenters. The second-order valence-electron chi connectivity index (χ2n) is 6.16. The summed E-state index contributed by atoms with van der Waals surface area (Å²) in [6, 6.07) is 0. The highest BCUT2D eigenvalue weighted by Gasteiger charge is 2.60. The third-order valence-corrected chi connectivity index (χ3v) is 3.38. The number of nitrogens with zero attached hydrogens (tertiary/aromatic N) is 1. The molecule has 0 aromatic rings. The largest absolute Gasteiger partial charge is 0.444 e. The van der Waals surface area contributed by atoms with Crippen LogP contribution in [0, 0.1) is 11.3 Å². The molecule has 4 nitrogen and oxygen atoms in total. The molecule has 1 fully saturated rings. The second kappa shape index (κ2) is 4.85. The minimum absolute atomic E-state index is 0.151. The van der Waals surface area contributed by atoms with Crippen molar-refractivity contribution in [3.05, 3.63) is 0 Å². The Morgan fingerprint density at radius 2 is 1.95 bits per heavy atom. The van der Waals surface area contributed by atoms with Crippen LogP contribution in [0.1, 0.15) is 27.7 Å². The number of carbonyl (C=O) groups is 1. The van der Waals surface area contributed by atoms with Crippen molar-refractivity contribution in [2.75, 3.05) is 19.7 Å². The number of amides is 1. The van der Waals surface area contributed by atoms with E-state index in [0.717, 1.165) is 11.8 Å². The maximum Gasteiger partial charge on any atom is 0.410 e. The topological polar surface area (TPSA) is 49.8 Å². The lowest BCUT2D eigenvalue weighted by molar-refractivity contribution is -0.228. The van der Waals surface area contributed by atoms with E-state index >= 15 is 0 Å². The minimum atomic E-state index is -4.48. The van der Waals surface area contributed by atoms with Crippen LogP contribution in [-0.2, 0) is 4.74 Å². The zero-order chi connectivity index (χ0) is 15.1. The van der Waals surface area contributed by atoms with Crippen LogP contribution in [0.15, 0.2) is 0 Å². The van der Waals surface area contributed by atoms with Gasteiger partial charge in [-0.15, -0.1) is 0 Å². The first-order chi connectivity index (χ1) is 8.40. The van der Waals surface area contributed by atoms with Crippen LogP contribution in [0.3, 0.4) is 0 Å². The first kappa shape index (κ1) is 16.1. The van der Waals surface area contributed by atoms with E-state index in [1.165, 1.54) is 0 Å². The molecule has 0 saturated carbocycles. The van der Waals surface area contributed by atoms with Crippen molar-refractivity contribution >= 4 is 6.09 Å². The predicted molar refractivity (Wildman–Crippen MR) is 62.5 cm³/mol. The van der Waals surface area contributed by atoms with E-state index < -0.39 is 42.4 Å². The molecular weight excluding hydrogens is 263 g/mol. The number of halogens is 3. The monoisotopic (exact) mass is 283 g/mol. The number of likely N-dealkylation sites (tertiary alicyclic amines) is 1. The smallest absolute Gasteiger partial charge is 0.410 e. The fraction of sp³-hybridized carbons (Fsp3) is 0.917. The molecule has 0 aromatic heterocycles. The van der Waals surface area contributed by atoms with Gasteiger partial charge in [0.1, 0.15) is 5.60 Å². The summed E-state index contributed by atoms with van der Waals surface area (Å²) in [5.41, 5.74) is -2.86. The number of aliphatic hydroxyl groups is 1. The molecule has 1 N–H and O–H groups in total. The molecule has 0 spiro atoms. The third kappa shape index (κ3) is 3.32. The normalized spacial score (nSPS) is 28.6. The molecule has 1 heterocycles. The summed E-state index contributed by atoms with van der Waals surface area (Å²) in [7, 11) is 0. The van der Waals surface area contributed by atoms with Crippen LogP contribution < -0.4 is 0 Å². The molecule has 1 saturated heterocycles. The lowest BCUT2D eigenvalue weighted by Gasteiger charge is -2.31. The van der Waals surface area contributed by atoms with Crippen molar-refractivity contribution in [3.63, 3.8) is 0 Å². The van der Waals surface area contributed by atoms with E-state index in [2.05, 4.69) is 0 Å². The van der Waals surface area contributed by atoms with Gasteiger partial charge in [-0.1, -0.05) is 0 Å². The molecule has 1 rings (SSSR count). The molecule has 7 heteroatoms. The second-order valence-corrected chi connectivity index (χ2v) is 6.16. The molecule has 0 unspecified atom stereocenters. The molecule has 0 aromatic carbocycles. The van der Waals surface area contributed by atoms with Crippen LogP contribution >= 0.6 is 0 Å². The summed E-state index contributed by atoms with van der Waals surface area (Å²) in [5, 5.41) is 9.12. The molecular formula is C12H20F3NO3. The molecule has 1 aliphatic heterocycles. The van der Waals surface area contributed by atoms with Crippen molar-refractivity contribution in [2.24, 2.45) is 11.3 Å². The van der Waals surface area contributed by atoms with Crippen LogP contribution in [-0.4, -0.2) is 47.6 Å². The minimum Gasteiger partial charge on any atom is -0.444 e. The quantitative estimate of drug-likeness (QED) is 0.804. The van der Waals surface area contributed by atoms with E-state index in [1.54, 1.807) is 20.8 Å². The average molecular weight is 283 g/mol. The summed E-state index contributed by atoms with van der Waals surface area (Å²) in [5.74, 6) is -1.03. The standard InChI is InChI=1S/C12H20F3NO3/c1-10(2,3)19-9(18)16-5-8(6-17)11(4,7-16)12(13,14)15/h8,17H,5-7H2,1-4H3/t8-,11-/m1/s1. The fourth-order valence-electron chi connectivity index (χ4n) is 2.10. The van der Waals surface area contributed by atoms with Crippen LogP contribution in [0.4, 0.5) is 18.0 Å². The van der Waals surface area contributed by atoms with Crippen molar-refractivity contribution in [3.8, 4) is 0 Å². The Labute approximate surface area is 110 Å². The Kier molecular flexibility index (Phi) is 4.10. The molecule has 1 amide bonds. The maximum atomic E-state index is 13.1. The zero-order valence-corrected chi connectivity index (χ0v) is 11.5. The number of aliphatic hydroxyl groups excluding tert-OH is 1. The van der Waals surface area contributed by atoms with Crippen LogP contribution in [0.5, 0.6) is 0 Å². The van der Waals surface area contributed by atoms with E-state index in [1.807, 2.05) is 0 Å². The van der Waals surface area contributed by atoms with Crippen molar-refractivity contribution in [1.29, 1.82) is 0 Å². The number of hydrogen-bond acceptors (Lipinski definition) is 3. The zero-order valence-electron chi connectivity index (χ0n) is 11.5. The summed E-state index contributed by atoms with van der Waals surface area (Å²) in [6.45, 7) is 4.71. The van der Waals surface area contributed by atoms with Crippen molar-refractivity contribution < 1.29 is 27.8 Å². The number of ether oxygens (including phenoxy) is 1. The molecule has 0 radical (unpaired) electrons. The SMILES string of the molecule is CC(C)(C)OC(=O)N1C[C@H](CO)[C@](C)(C(F)(F)F)C1. The summed E-state index contributed by atoms with van der Waals surface area (Å²) in [6.07, 6.45) is -5.25. The van der Waals surface area contributed by atoms with Gasteiger partial charge >= 0.3 is 12.3 Å². The van der Waals surface area contributed by atoms with Crippen LogP contribution in [0.25, 0.3) is 0 Å². The number of alkyl halides is 3. The highest BCUT2D eigenvalue weighted by atomic mass is 19.4. The summed E-state index contributed by atoms with van der Waals surface area (Å²) >= 11 is 0. The van der Waals surface area contributed by atoms with Gasteiger partial charge in [-0.25, -0.2) is 4.79 Å². The van der Waals surface area contributed by atoms with Gasteiger partial charge < -0.3 is 14.7 Å². The average Bonchev–Trinajstić information content (AvgIpc) is 2.53. The highest BCUT2D eigenvalue weighted by Crippen LogP contribution is 2.48. The van der Waals surface area contributed by atoms with Gasteiger partial charge in [-0.05, 0) is 27.7 Å². The highest BCUT2D eigenvalue weighted by molar-refractivity contribution is 5.68. The Morgan fingerprint density at radius 1 is 1.42 bits per heavy atom. The first-order valence-corrected chi connectivity index (χ1v) is 6.06. The van der Waals surface area contributed by atoms with Gasteiger partial charge in [-0.3, -0.25) is 0 Å². The van der Waals surface area contributed by atoms with Crippen molar-refractivity contribution in [2.45, 2.75) is 39.5 Å². The van der Waals surface area contributed by atoms with Gasteiger partial charge in [0.15, 0.2) is 0 Å². The van der Waals surface area contributed by atoms with E-state index in [0.29, 0.717) is 0 Å². The van der Waals surface area contributed by atoms with E-state index in [4.69, 9.17) is 9.84 Å². The van der Waals surface area contributed by atoms with E-state index in [9.17, 15) is 18.0 Å². The summed E-state index contributed by atoms with van der Waals surface area (Å²) < 4.78 is 44.3. The Hall–Kier alpha value is -0.980. The molecule has 112 valence electrons. The Bertz CT molecular complexity index is 351. The lowest BCUT2D eigenvalue weighted by atomic mass is 9.80. The molecule has 19 heavy (non-hydrogen) atoms. The maximum absolute atomic E-state index is 13.1. The van der Waals surface area contributed by atoms with Gasteiger partial charge in [0, 0.05) is 25.6 Å². The van der Waals surface area contributed by atoms with Gasteiger partial charge in [0.25, 0.3) is 0 Å². The first-order valence-electron chi connectivity index (χ1n) is 6.06. The number of hydrogen-bond donors (Lipinski definition) is 1. The van der Waals surface area contributed by atoms with Gasteiger partial charge in [0.05, 0.1) is 5.41 Å². The predicted octanol–water partition coefficient (Wildman–Crippen LogP) is 2.41. The molecule has 0 aliphatic carbocycles. The third-order valence-electron chi connectivity index (χ3n) is 3.38. The van der Waals surface area contributed by atoms with Gasteiger partial charge in [0.2, 0.25) is 0 Å². The van der Waals surface area contributed by atoms with E-state index in [-0.39, 0.29) is 6.54 Å². The van der Waals surface area contributed by atoms with Gasteiger partial charge in [-0.2, -0.15) is 13.2 Å². The molecule has 0 bridgehead atoms.